The van der Waals surface area contributed by atoms with E-state index < -0.39 is 0 Å². The molecule has 23 heavy (non-hydrogen) atoms. The van der Waals surface area contributed by atoms with Gasteiger partial charge in [-0.05, 0) is 31.2 Å². The molecule has 1 amide bonds. The number of hydrogen-bond donors (Lipinski definition) is 0. The number of benzene rings is 2. The van der Waals surface area contributed by atoms with Crippen molar-refractivity contribution in [1.29, 1.82) is 0 Å². The first-order valence-electron chi connectivity index (χ1n) is 7.54. The molecule has 0 aromatic heterocycles. The van der Waals surface area contributed by atoms with Crippen molar-refractivity contribution >= 4 is 23.2 Å². The Hall–Kier alpha value is -2.75. The molecule has 118 valence electrons. The number of carbonyl (C=O) groups is 1. The summed E-state index contributed by atoms with van der Waals surface area (Å²) in [5.41, 5.74) is 3.45. The minimum atomic E-state index is 0.0200. The predicted octanol–water partition coefficient (Wildman–Crippen LogP) is 3.61. The molecule has 3 rings (SSSR count). The quantitative estimate of drug-likeness (QED) is 0.810. The number of nitrogens with zero attached hydrogens (tertiary/aromatic N) is 1. The summed E-state index contributed by atoms with van der Waals surface area (Å²) in [6.45, 7) is 2.62. The minimum Gasteiger partial charge on any atom is -0.497 e. The highest BCUT2D eigenvalue weighted by atomic mass is 16.5. The van der Waals surface area contributed by atoms with Gasteiger partial charge in [0.15, 0.2) is 0 Å². The first-order chi connectivity index (χ1) is 11.2. The molecule has 4 nitrogen and oxygen atoms in total. The van der Waals surface area contributed by atoms with Crippen LogP contribution in [0.15, 0.2) is 42.5 Å². The molecule has 4 heteroatoms. The molecule has 0 unspecified atom stereocenters. The Balaban J connectivity index is 2.11. The normalized spacial score (nSPS) is 15.0. The summed E-state index contributed by atoms with van der Waals surface area (Å²) in [5, 5.41) is 0. The summed E-state index contributed by atoms with van der Waals surface area (Å²) in [7, 11) is 3.22. The fraction of sp³-hybridized carbons (Fsp3) is 0.211. The van der Waals surface area contributed by atoms with Crippen LogP contribution in [0.5, 0.6) is 11.5 Å². The van der Waals surface area contributed by atoms with Crippen LogP contribution in [0.3, 0.4) is 0 Å². The minimum absolute atomic E-state index is 0.0200. The third kappa shape index (κ3) is 2.57. The maximum atomic E-state index is 12.7. The van der Waals surface area contributed by atoms with Gasteiger partial charge in [-0.3, -0.25) is 4.79 Å². The monoisotopic (exact) mass is 309 g/mol. The van der Waals surface area contributed by atoms with Crippen molar-refractivity contribution in [2.24, 2.45) is 0 Å². The molecule has 0 bridgehead atoms. The molecule has 0 aliphatic carbocycles. The van der Waals surface area contributed by atoms with Crippen LogP contribution in [0, 0.1) is 0 Å². The molecule has 0 saturated heterocycles. The van der Waals surface area contributed by atoms with Gasteiger partial charge in [0, 0.05) is 29.3 Å². The van der Waals surface area contributed by atoms with Gasteiger partial charge >= 0.3 is 0 Å². The van der Waals surface area contributed by atoms with Gasteiger partial charge in [0.2, 0.25) is 0 Å². The fourth-order valence-electron chi connectivity index (χ4n) is 2.85. The number of anilines is 1. The van der Waals surface area contributed by atoms with Crippen LogP contribution in [0.1, 0.15) is 18.1 Å². The van der Waals surface area contributed by atoms with E-state index >= 15 is 0 Å². The van der Waals surface area contributed by atoms with Crippen molar-refractivity contribution in [3.05, 3.63) is 53.6 Å². The zero-order valence-electron chi connectivity index (χ0n) is 13.5. The van der Waals surface area contributed by atoms with E-state index in [4.69, 9.17) is 9.47 Å². The molecular formula is C19H19NO3. The van der Waals surface area contributed by atoms with Crippen molar-refractivity contribution in [3.63, 3.8) is 0 Å². The summed E-state index contributed by atoms with van der Waals surface area (Å²) in [6.07, 6.45) is 1.88. The van der Waals surface area contributed by atoms with Gasteiger partial charge in [-0.15, -0.1) is 0 Å². The van der Waals surface area contributed by atoms with Crippen LogP contribution in [0.2, 0.25) is 0 Å². The summed E-state index contributed by atoms with van der Waals surface area (Å²) in [6, 6.07) is 13.4. The second-order valence-electron chi connectivity index (χ2n) is 5.23. The lowest BCUT2D eigenvalue weighted by atomic mass is 10.0. The summed E-state index contributed by atoms with van der Waals surface area (Å²) in [5.74, 6) is 1.42. The number of rotatable bonds is 4. The second kappa shape index (κ2) is 6.16. The average molecular weight is 309 g/mol. The van der Waals surface area contributed by atoms with E-state index in [9.17, 15) is 4.79 Å². The zero-order valence-corrected chi connectivity index (χ0v) is 13.5. The maximum Gasteiger partial charge on any atom is 0.258 e. The van der Waals surface area contributed by atoms with Gasteiger partial charge in [0.1, 0.15) is 11.5 Å². The lowest BCUT2D eigenvalue weighted by Gasteiger charge is -2.13. The first kappa shape index (κ1) is 15.2. The van der Waals surface area contributed by atoms with E-state index in [1.165, 1.54) is 0 Å². The highest BCUT2D eigenvalue weighted by Crippen LogP contribution is 2.38. The van der Waals surface area contributed by atoms with Crippen LogP contribution < -0.4 is 14.4 Å². The number of para-hydroxylation sites is 1. The zero-order chi connectivity index (χ0) is 16.4. The average Bonchev–Trinajstić information content (AvgIpc) is 2.86. The number of ether oxygens (including phenoxy) is 2. The van der Waals surface area contributed by atoms with Crippen molar-refractivity contribution in [3.8, 4) is 11.5 Å². The maximum absolute atomic E-state index is 12.7. The Labute approximate surface area is 135 Å². The number of likely N-dealkylation sites (N-methyl/N-ethyl adjacent to an activating group) is 1. The molecule has 0 N–H and O–H groups in total. The molecule has 0 atom stereocenters. The number of amides is 1. The van der Waals surface area contributed by atoms with Crippen molar-refractivity contribution < 1.29 is 14.3 Å². The van der Waals surface area contributed by atoms with Crippen LogP contribution in [0.4, 0.5) is 5.69 Å². The van der Waals surface area contributed by atoms with Crippen LogP contribution in [-0.4, -0.2) is 26.7 Å². The van der Waals surface area contributed by atoms with Crippen LogP contribution >= 0.6 is 0 Å². The number of fused-ring (bicyclic) bond motifs is 1. The second-order valence-corrected chi connectivity index (χ2v) is 5.23. The topological polar surface area (TPSA) is 38.8 Å². The SMILES string of the molecule is CCN1C(=O)C(=Cc2ccc(OC)cc2OC)c2ccccc21. The van der Waals surface area contributed by atoms with E-state index in [2.05, 4.69) is 0 Å². The summed E-state index contributed by atoms with van der Waals surface area (Å²) in [4.78, 5) is 14.5. The smallest absolute Gasteiger partial charge is 0.258 e. The van der Waals surface area contributed by atoms with Crippen LogP contribution in [0.25, 0.3) is 11.6 Å². The Morgan fingerprint density at radius 3 is 2.57 bits per heavy atom. The van der Waals surface area contributed by atoms with Gasteiger partial charge < -0.3 is 14.4 Å². The number of carbonyl (C=O) groups excluding carboxylic acids is 1. The molecule has 1 aliphatic rings. The largest absolute Gasteiger partial charge is 0.497 e. The molecular weight excluding hydrogens is 290 g/mol. The van der Waals surface area contributed by atoms with Gasteiger partial charge in [0.25, 0.3) is 5.91 Å². The molecule has 0 saturated carbocycles. The Morgan fingerprint density at radius 2 is 1.87 bits per heavy atom. The Morgan fingerprint density at radius 1 is 1.09 bits per heavy atom. The van der Waals surface area contributed by atoms with Gasteiger partial charge in [-0.1, -0.05) is 18.2 Å². The van der Waals surface area contributed by atoms with E-state index in [0.717, 1.165) is 22.6 Å². The molecule has 0 fully saturated rings. The standard InChI is InChI=1S/C19H19NO3/c1-4-20-17-8-6-5-7-15(17)16(19(20)21)11-13-9-10-14(22-2)12-18(13)23-3/h5-12H,4H2,1-3H3. The van der Waals surface area contributed by atoms with E-state index in [1.807, 2.05) is 55.5 Å². The molecule has 1 heterocycles. The highest BCUT2D eigenvalue weighted by Gasteiger charge is 2.30. The predicted molar refractivity (Wildman–Crippen MR) is 91.9 cm³/mol. The molecule has 0 radical (unpaired) electrons. The summed E-state index contributed by atoms with van der Waals surface area (Å²) < 4.78 is 10.6. The van der Waals surface area contributed by atoms with Crippen molar-refractivity contribution in [1.82, 2.24) is 0 Å². The Kier molecular flexibility index (Phi) is 4.06. The van der Waals surface area contributed by atoms with E-state index in [1.54, 1.807) is 19.1 Å². The lowest BCUT2D eigenvalue weighted by Crippen LogP contribution is -2.25. The summed E-state index contributed by atoms with van der Waals surface area (Å²) >= 11 is 0. The molecule has 1 aliphatic heterocycles. The molecule has 0 spiro atoms. The fourth-order valence-corrected chi connectivity index (χ4v) is 2.85. The molecule has 2 aromatic carbocycles. The first-order valence-corrected chi connectivity index (χ1v) is 7.54. The lowest BCUT2D eigenvalue weighted by molar-refractivity contribution is -0.112. The third-order valence-corrected chi connectivity index (χ3v) is 4.02. The Bertz CT molecular complexity index is 780. The van der Waals surface area contributed by atoms with Gasteiger partial charge in [0.05, 0.1) is 19.9 Å². The van der Waals surface area contributed by atoms with E-state index in [-0.39, 0.29) is 5.91 Å². The van der Waals surface area contributed by atoms with Crippen molar-refractivity contribution in [2.75, 3.05) is 25.7 Å². The molecule has 2 aromatic rings. The number of hydrogen-bond acceptors (Lipinski definition) is 3. The van der Waals surface area contributed by atoms with E-state index in [0.29, 0.717) is 17.9 Å². The van der Waals surface area contributed by atoms with Crippen LogP contribution in [-0.2, 0) is 4.79 Å². The van der Waals surface area contributed by atoms with Gasteiger partial charge in [-0.2, -0.15) is 0 Å². The number of methoxy groups -OCH3 is 2. The van der Waals surface area contributed by atoms with Crippen molar-refractivity contribution in [2.45, 2.75) is 6.92 Å². The third-order valence-electron chi connectivity index (χ3n) is 4.02. The van der Waals surface area contributed by atoms with Gasteiger partial charge in [-0.25, -0.2) is 0 Å². The highest BCUT2D eigenvalue weighted by molar-refractivity contribution is 6.35.